The van der Waals surface area contributed by atoms with E-state index >= 15 is 0 Å². The maximum atomic E-state index is 13.5. The van der Waals surface area contributed by atoms with Gasteiger partial charge in [0.1, 0.15) is 5.82 Å². The van der Waals surface area contributed by atoms with Gasteiger partial charge in [0, 0.05) is 6.54 Å². The molecule has 0 fully saturated rings. The third-order valence-electron chi connectivity index (χ3n) is 3.58. The van der Waals surface area contributed by atoms with Crippen molar-refractivity contribution in [3.63, 3.8) is 0 Å². The number of carbonyl (C=O) groups is 1. The van der Waals surface area contributed by atoms with Gasteiger partial charge in [-0.25, -0.2) is 4.39 Å². The van der Waals surface area contributed by atoms with Crippen LogP contribution in [0.2, 0.25) is 0 Å². The summed E-state index contributed by atoms with van der Waals surface area (Å²) in [6, 6.07) is 16.4. The molecule has 2 aromatic carbocycles. The maximum absolute atomic E-state index is 13.5. The van der Waals surface area contributed by atoms with Crippen molar-refractivity contribution in [1.29, 1.82) is 0 Å². The van der Waals surface area contributed by atoms with Crippen LogP contribution in [0.5, 0.6) is 0 Å². The van der Waals surface area contributed by atoms with E-state index in [1.807, 2.05) is 37.3 Å². The molecule has 2 rings (SSSR count). The number of hydrogen-bond acceptors (Lipinski definition) is 1. The van der Waals surface area contributed by atoms with Crippen LogP contribution in [0, 0.1) is 5.82 Å². The highest BCUT2D eigenvalue weighted by atomic mass is 19.1. The first kappa shape index (κ1) is 15.2. The SMILES string of the molecule is CCC(C(=O)NCCc1ccccc1F)c1ccccc1. The lowest BCUT2D eigenvalue weighted by Gasteiger charge is -2.15. The first-order chi connectivity index (χ1) is 10.2. The largest absolute Gasteiger partial charge is 0.355 e. The Labute approximate surface area is 125 Å². The molecule has 1 N–H and O–H groups in total. The van der Waals surface area contributed by atoms with Gasteiger partial charge in [-0.3, -0.25) is 4.79 Å². The number of carbonyl (C=O) groups excluding carboxylic acids is 1. The molecule has 1 unspecified atom stereocenters. The van der Waals surface area contributed by atoms with Gasteiger partial charge in [-0.15, -0.1) is 0 Å². The summed E-state index contributed by atoms with van der Waals surface area (Å²) in [5, 5.41) is 2.90. The van der Waals surface area contributed by atoms with Gasteiger partial charge in [0.25, 0.3) is 0 Å². The van der Waals surface area contributed by atoms with Gasteiger partial charge in [0.2, 0.25) is 5.91 Å². The monoisotopic (exact) mass is 285 g/mol. The second-order valence-electron chi connectivity index (χ2n) is 5.00. The molecular formula is C18H20FNO. The van der Waals surface area contributed by atoms with Crippen LogP contribution in [0.4, 0.5) is 4.39 Å². The molecule has 0 saturated heterocycles. The molecule has 0 spiro atoms. The summed E-state index contributed by atoms with van der Waals surface area (Å²) in [5.74, 6) is -0.367. The van der Waals surface area contributed by atoms with E-state index in [0.717, 1.165) is 12.0 Å². The first-order valence-electron chi connectivity index (χ1n) is 7.28. The Morgan fingerprint density at radius 3 is 2.43 bits per heavy atom. The van der Waals surface area contributed by atoms with Crippen molar-refractivity contribution in [2.45, 2.75) is 25.7 Å². The molecule has 3 heteroatoms. The second kappa shape index (κ2) is 7.58. The van der Waals surface area contributed by atoms with Crippen LogP contribution in [0.1, 0.15) is 30.4 Å². The summed E-state index contributed by atoms with van der Waals surface area (Å²) in [7, 11) is 0. The van der Waals surface area contributed by atoms with Crippen LogP contribution in [0.25, 0.3) is 0 Å². The summed E-state index contributed by atoms with van der Waals surface area (Å²) >= 11 is 0. The topological polar surface area (TPSA) is 29.1 Å². The highest BCUT2D eigenvalue weighted by Crippen LogP contribution is 2.19. The Hall–Kier alpha value is -2.16. The van der Waals surface area contributed by atoms with E-state index in [1.165, 1.54) is 6.07 Å². The van der Waals surface area contributed by atoms with Crippen LogP contribution in [-0.2, 0) is 11.2 Å². The molecule has 21 heavy (non-hydrogen) atoms. The van der Waals surface area contributed by atoms with Crippen LogP contribution in [0.15, 0.2) is 54.6 Å². The van der Waals surface area contributed by atoms with Gasteiger partial charge in [-0.2, -0.15) is 0 Å². The van der Waals surface area contributed by atoms with E-state index in [0.29, 0.717) is 18.5 Å². The van der Waals surface area contributed by atoms with E-state index in [4.69, 9.17) is 0 Å². The van der Waals surface area contributed by atoms with Crippen LogP contribution < -0.4 is 5.32 Å². The molecule has 0 aliphatic heterocycles. The van der Waals surface area contributed by atoms with Gasteiger partial charge in [-0.1, -0.05) is 55.5 Å². The zero-order valence-electron chi connectivity index (χ0n) is 12.2. The minimum absolute atomic E-state index is 0.0000364. The number of rotatable bonds is 6. The summed E-state index contributed by atoms with van der Waals surface area (Å²) < 4.78 is 13.5. The minimum atomic E-state index is -0.221. The minimum Gasteiger partial charge on any atom is -0.355 e. The number of amides is 1. The van der Waals surface area contributed by atoms with Crippen molar-refractivity contribution < 1.29 is 9.18 Å². The molecule has 0 aliphatic rings. The third-order valence-corrected chi connectivity index (χ3v) is 3.58. The van der Waals surface area contributed by atoms with E-state index in [-0.39, 0.29) is 17.6 Å². The number of nitrogens with one attached hydrogen (secondary N) is 1. The molecule has 0 aromatic heterocycles. The molecule has 2 nitrogen and oxygen atoms in total. The van der Waals surface area contributed by atoms with Crippen LogP contribution in [0.3, 0.4) is 0 Å². The molecule has 110 valence electrons. The highest BCUT2D eigenvalue weighted by molar-refractivity contribution is 5.83. The Morgan fingerprint density at radius 1 is 1.10 bits per heavy atom. The summed E-state index contributed by atoms with van der Waals surface area (Å²) in [6.07, 6.45) is 1.25. The Bertz CT molecular complexity index is 583. The molecule has 1 atom stereocenters. The van der Waals surface area contributed by atoms with Crippen molar-refractivity contribution >= 4 is 5.91 Å². The van der Waals surface area contributed by atoms with Crippen LogP contribution in [-0.4, -0.2) is 12.5 Å². The lowest BCUT2D eigenvalue weighted by atomic mass is 9.95. The summed E-state index contributed by atoms with van der Waals surface area (Å²) in [6.45, 7) is 2.44. The number of benzene rings is 2. The molecule has 0 radical (unpaired) electrons. The fourth-order valence-corrected chi connectivity index (χ4v) is 2.40. The zero-order valence-corrected chi connectivity index (χ0v) is 12.2. The number of hydrogen-bond donors (Lipinski definition) is 1. The molecule has 0 aliphatic carbocycles. The van der Waals surface area contributed by atoms with Crippen molar-refractivity contribution in [1.82, 2.24) is 5.32 Å². The zero-order chi connectivity index (χ0) is 15.1. The number of halogens is 1. The average Bonchev–Trinajstić information content (AvgIpc) is 2.51. The summed E-state index contributed by atoms with van der Waals surface area (Å²) in [4.78, 5) is 12.2. The lowest BCUT2D eigenvalue weighted by molar-refractivity contribution is -0.122. The van der Waals surface area contributed by atoms with E-state index in [2.05, 4.69) is 5.32 Å². The van der Waals surface area contributed by atoms with Gasteiger partial charge < -0.3 is 5.32 Å². The Balaban J connectivity index is 1.90. The van der Waals surface area contributed by atoms with Gasteiger partial charge in [0.15, 0.2) is 0 Å². The molecular weight excluding hydrogens is 265 g/mol. The predicted octanol–water partition coefficient (Wildman–Crippen LogP) is 3.68. The molecule has 0 bridgehead atoms. The van der Waals surface area contributed by atoms with Crippen molar-refractivity contribution in [3.05, 3.63) is 71.5 Å². The van der Waals surface area contributed by atoms with E-state index in [1.54, 1.807) is 18.2 Å². The van der Waals surface area contributed by atoms with E-state index in [9.17, 15) is 9.18 Å². The standard InChI is InChI=1S/C18H20FNO/c1-2-16(14-8-4-3-5-9-14)18(21)20-13-12-15-10-6-7-11-17(15)19/h3-11,16H,2,12-13H2,1H3,(H,20,21). The molecule has 0 saturated carbocycles. The lowest BCUT2D eigenvalue weighted by Crippen LogP contribution is -2.31. The fourth-order valence-electron chi connectivity index (χ4n) is 2.40. The summed E-state index contributed by atoms with van der Waals surface area (Å²) in [5.41, 5.74) is 1.65. The van der Waals surface area contributed by atoms with Crippen molar-refractivity contribution in [2.24, 2.45) is 0 Å². The Morgan fingerprint density at radius 2 is 1.76 bits per heavy atom. The quantitative estimate of drug-likeness (QED) is 0.862. The van der Waals surface area contributed by atoms with E-state index < -0.39 is 0 Å². The Kier molecular flexibility index (Phi) is 5.50. The van der Waals surface area contributed by atoms with Crippen molar-refractivity contribution in [2.75, 3.05) is 6.54 Å². The highest BCUT2D eigenvalue weighted by Gasteiger charge is 2.17. The van der Waals surface area contributed by atoms with Gasteiger partial charge in [-0.05, 0) is 30.0 Å². The maximum Gasteiger partial charge on any atom is 0.227 e. The molecule has 1 amide bonds. The van der Waals surface area contributed by atoms with Crippen molar-refractivity contribution in [3.8, 4) is 0 Å². The first-order valence-corrected chi connectivity index (χ1v) is 7.28. The molecule has 0 heterocycles. The average molecular weight is 285 g/mol. The fraction of sp³-hybridized carbons (Fsp3) is 0.278. The van der Waals surface area contributed by atoms with Crippen LogP contribution >= 0.6 is 0 Å². The smallest absolute Gasteiger partial charge is 0.227 e. The third kappa shape index (κ3) is 4.15. The molecule has 2 aromatic rings. The van der Waals surface area contributed by atoms with Gasteiger partial charge >= 0.3 is 0 Å². The normalized spacial score (nSPS) is 11.9. The van der Waals surface area contributed by atoms with Gasteiger partial charge in [0.05, 0.1) is 5.92 Å². The second-order valence-corrected chi connectivity index (χ2v) is 5.00. The predicted molar refractivity (Wildman–Crippen MR) is 82.6 cm³/mol.